The van der Waals surface area contributed by atoms with E-state index in [1.165, 1.54) is 12.1 Å². The maximum absolute atomic E-state index is 12.8. The zero-order chi connectivity index (χ0) is 19.1. The molecule has 0 saturated heterocycles. The largest absolute Gasteiger partial charge is 0.367 e. The van der Waals surface area contributed by atoms with Gasteiger partial charge in [-0.15, -0.1) is 0 Å². The van der Waals surface area contributed by atoms with Crippen molar-refractivity contribution in [3.63, 3.8) is 0 Å². The summed E-state index contributed by atoms with van der Waals surface area (Å²) in [5.41, 5.74) is 0.399. The Labute approximate surface area is 154 Å². The van der Waals surface area contributed by atoms with Crippen molar-refractivity contribution in [2.24, 2.45) is 10.8 Å². The van der Waals surface area contributed by atoms with E-state index in [1.54, 1.807) is 12.1 Å². The van der Waals surface area contributed by atoms with Gasteiger partial charge in [-0.25, -0.2) is 4.39 Å². The second-order valence-electron chi connectivity index (χ2n) is 7.93. The molecule has 6 heteroatoms. The average Bonchev–Trinajstić information content (AvgIpc) is 2.45. The topological polar surface area (TPSA) is 55.4 Å². The van der Waals surface area contributed by atoms with Crippen molar-refractivity contribution >= 4 is 22.8 Å². The lowest BCUT2D eigenvalue weighted by atomic mass is 9.73. The smallest absolute Gasteiger partial charge is 0.246 e. The number of hydrogen-bond donors (Lipinski definition) is 1. The number of benzene rings is 1. The first-order chi connectivity index (χ1) is 11.5. The Hall–Kier alpha value is -1.46. The number of rotatable bonds is 10. The van der Waals surface area contributed by atoms with Gasteiger partial charge in [-0.2, -0.15) is 0 Å². The van der Waals surface area contributed by atoms with Crippen molar-refractivity contribution in [3.8, 4) is 0 Å². The van der Waals surface area contributed by atoms with Crippen LogP contribution in [0.4, 0.5) is 4.39 Å². The normalized spacial score (nSPS) is 12.1. The van der Waals surface area contributed by atoms with Gasteiger partial charge in [0.25, 0.3) is 0 Å². The van der Waals surface area contributed by atoms with Crippen LogP contribution in [0.1, 0.15) is 46.1 Å². The molecule has 0 saturated carbocycles. The second kappa shape index (κ2) is 9.30. The molecule has 0 aliphatic carbocycles. The Morgan fingerprint density at radius 3 is 2.28 bits per heavy atom. The van der Waals surface area contributed by atoms with Crippen LogP contribution in [0, 0.1) is 16.6 Å². The number of ether oxygens (including phenoxy) is 1. The van der Waals surface area contributed by atoms with E-state index >= 15 is 0 Å². The zero-order valence-electron chi connectivity index (χ0n) is 15.3. The van der Waals surface area contributed by atoms with Crippen molar-refractivity contribution in [1.29, 1.82) is 0 Å². The third-order valence-electron chi connectivity index (χ3n) is 3.75. The van der Waals surface area contributed by atoms with Crippen molar-refractivity contribution < 1.29 is 18.7 Å². The van der Waals surface area contributed by atoms with Gasteiger partial charge in [0.1, 0.15) is 12.4 Å². The molecule has 0 spiro atoms. The van der Waals surface area contributed by atoms with Crippen LogP contribution < -0.4 is 5.32 Å². The summed E-state index contributed by atoms with van der Waals surface area (Å²) in [6.45, 7) is 8.72. The predicted molar refractivity (Wildman–Crippen MR) is 96.7 cm³/mol. The highest BCUT2D eigenvalue weighted by atomic mass is 35.5. The fraction of sp³-hybridized carbons (Fsp3) is 0.579. The summed E-state index contributed by atoms with van der Waals surface area (Å²) in [5.74, 6) is -0.510. The summed E-state index contributed by atoms with van der Waals surface area (Å²) in [4.78, 5) is 23.0. The summed E-state index contributed by atoms with van der Waals surface area (Å²) < 4.78 is 18.1. The Balaban J connectivity index is 2.34. The molecule has 0 aliphatic heterocycles. The first-order valence-electron chi connectivity index (χ1n) is 8.26. The Morgan fingerprint density at radius 2 is 1.72 bits per heavy atom. The van der Waals surface area contributed by atoms with Crippen LogP contribution in [0.2, 0.25) is 0 Å². The summed E-state index contributed by atoms with van der Waals surface area (Å²) in [7, 11) is 0. The van der Waals surface area contributed by atoms with E-state index in [4.69, 9.17) is 16.3 Å². The third-order valence-corrected chi connectivity index (χ3v) is 3.89. The minimum Gasteiger partial charge on any atom is -0.367 e. The number of carbonyl (C=O) groups is 2. The molecule has 0 aromatic heterocycles. The van der Waals surface area contributed by atoms with E-state index in [0.717, 1.165) is 12.0 Å². The molecular weight excluding hydrogens is 345 g/mol. The van der Waals surface area contributed by atoms with Crippen molar-refractivity contribution in [2.45, 2.75) is 47.1 Å². The third kappa shape index (κ3) is 9.56. The number of nitrogens with one attached hydrogen (secondary N) is 1. The molecule has 0 fully saturated rings. The molecule has 0 heterocycles. The van der Waals surface area contributed by atoms with Crippen LogP contribution in [-0.2, 0) is 20.9 Å². The highest BCUT2D eigenvalue weighted by Crippen LogP contribution is 2.36. The lowest BCUT2D eigenvalue weighted by Crippen LogP contribution is -2.38. The highest BCUT2D eigenvalue weighted by Gasteiger charge is 2.30. The van der Waals surface area contributed by atoms with Crippen molar-refractivity contribution in [2.75, 3.05) is 13.2 Å². The molecule has 1 rings (SSSR count). The number of hydrogen-bond acceptors (Lipinski definition) is 3. The van der Waals surface area contributed by atoms with Crippen molar-refractivity contribution in [3.05, 3.63) is 35.6 Å². The summed E-state index contributed by atoms with van der Waals surface area (Å²) in [6.07, 6.45) is 1.04. The molecule has 4 nitrogen and oxygen atoms in total. The van der Waals surface area contributed by atoms with Crippen LogP contribution in [0.5, 0.6) is 0 Å². The highest BCUT2D eigenvalue weighted by molar-refractivity contribution is 6.63. The molecule has 0 atom stereocenters. The zero-order valence-corrected chi connectivity index (χ0v) is 16.1. The molecule has 140 valence electrons. The standard InChI is InChI=1S/C19H27ClFNO3/c1-18(2,9-16(20)23)12-19(3,4)13-22-17(24)11-25-10-14-5-7-15(21)8-6-14/h5-8H,9-13H2,1-4H3,(H,22,24). The average molecular weight is 372 g/mol. The van der Waals surface area contributed by atoms with Crippen LogP contribution in [0.3, 0.4) is 0 Å². The van der Waals surface area contributed by atoms with Gasteiger partial charge in [0.2, 0.25) is 11.1 Å². The fourth-order valence-corrected chi connectivity index (χ4v) is 3.39. The fourth-order valence-electron chi connectivity index (χ4n) is 3.03. The minimum atomic E-state index is -0.348. The van der Waals surface area contributed by atoms with Gasteiger partial charge in [0.05, 0.1) is 6.61 Å². The minimum absolute atomic E-state index is 0.0585. The van der Waals surface area contributed by atoms with Crippen molar-refractivity contribution in [1.82, 2.24) is 5.32 Å². The Bertz CT molecular complexity index is 585. The van der Waals surface area contributed by atoms with Crippen LogP contribution in [0.15, 0.2) is 24.3 Å². The van der Waals surface area contributed by atoms with E-state index < -0.39 is 0 Å². The van der Waals surface area contributed by atoms with Gasteiger partial charge in [0.15, 0.2) is 0 Å². The van der Waals surface area contributed by atoms with Gasteiger partial charge in [0, 0.05) is 13.0 Å². The lowest BCUT2D eigenvalue weighted by Gasteiger charge is -2.34. The van der Waals surface area contributed by atoms with Gasteiger partial charge < -0.3 is 10.1 Å². The van der Waals surface area contributed by atoms with E-state index in [0.29, 0.717) is 13.0 Å². The molecule has 25 heavy (non-hydrogen) atoms. The van der Waals surface area contributed by atoms with Crippen LogP contribution in [0.25, 0.3) is 0 Å². The van der Waals surface area contributed by atoms with Gasteiger partial charge in [-0.3, -0.25) is 9.59 Å². The van der Waals surface area contributed by atoms with Crippen LogP contribution >= 0.6 is 11.6 Å². The number of carbonyl (C=O) groups excluding carboxylic acids is 2. The predicted octanol–water partition coefficient (Wildman–Crippen LogP) is 4.06. The Morgan fingerprint density at radius 1 is 1.12 bits per heavy atom. The Kier molecular flexibility index (Phi) is 8.03. The second-order valence-corrected chi connectivity index (χ2v) is 8.35. The number of halogens is 2. The maximum Gasteiger partial charge on any atom is 0.246 e. The van der Waals surface area contributed by atoms with Gasteiger partial charge >= 0.3 is 0 Å². The lowest BCUT2D eigenvalue weighted by molar-refractivity contribution is -0.126. The maximum atomic E-state index is 12.8. The summed E-state index contributed by atoms with van der Waals surface area (Å²) >= 11 is 5.49. The molecule has 1 aromatic carbocycles. The van der Waals surface area contributed by atoms with Gasteiger partial charge in [-0.1, -0.05) is 39.8 Å². The van der Waals surface area contributed by atoms with Crippen LogP contribution in [-0.4, -0.2) is 24.3 Å². The van der Waals surface area contributed by atoms with E-state index in [-0.39, 0.29) is 41.0 Å². The van der Waals surface area contributed by atoms with E-state index in [1.807, 2.05) is 27.7 Å². The molecule has 0 radical (unpaired) electrons. The molecule has 1 aromatic rings. The molecule has 0 aliphatic rings. The first kappa shape index (κ1) is 21.6. The molecular formula is C19H27ClFNO3. The van der Waals surface area contributed by atoms with E-state index in [9.17, 15) is 14.0 Å². The summed E-state index contributed by atoms with van der Waals surface area (Å²) in [6, 6.07) is 5.95. The molecule has 1 N–H and O–H groups in total. The number of amides is 1. The first-order valence-corrected chi connectivity index (χ1v) is 8.64. The molecule has 1 amide bonds. The van der Waals surface area contributed by atoms with E-state index in [2.05, 4.69) is 5.32 Å². The molecule has 0 unspecified atom stereocenters. The molecule has 0 bridgehead atoms. The quantitative estimate of drug-likeness (QED) is 0.631. The monoisotopic (exact) mass is 371 g/mol. The SMILES string of the molecule is CC(C)(CNC(=O)COCc1ccc(F)cc1)CC(C)(C)CC(=O)Cl. The summed E-state index contributed by atoms with van der Waals surface area (Å²) in [5, 5.41) is 2.50. The van der Waals surface area contributed by atoms with Gasteiger partial charge in [-0.05, 0) is 46.5 Å².